The van der Waals surface area contributed by atoms with Crippen LogP contribution in [0.1, 0.15) is 72.6 Å². The van der Waals surface area contributed by atoms with Gasteiger partial charge in [-0.3, -0.25) is 0 Å². The Hall–Kier alpha value is -1.09. The van der Waals surface area contributed by atoms with E-state index in [0.29, 0.717) is 40.4 Å². The van der Waals surface area contributed by atoms with Gasteiger partial charge in [-0.05, 0) is 85.9 Å². The van der Waals surface area contributed by atoms with Crippen molar-refractivity contribution in [2.45, 2.75) is 78.4 Å². The molecule has 4 aliphatic carbocycles. The summed E-state index contributed by atoms with van der Waals surface area (Å²) < 4.78 is 11.8. The third-order valence-electron chi connectivity index (χ3n) is 10.2. The van der Waals surface area contributed by atoms with Gasteiger partial charge in [-0.1, -0.05) is 39.0 Å². The van der Waals surface area contributed by atoms with Crippen LogP contribution in [0.5, 0.6) is 0 Å². The maximum absolute atomic E-state index is 12.9. The van der Waals surface area contributed by atoms with Crippen molar-refractivity contribution in [3.8, 4) is 0 Å². The summed E-state index contributed by atoms with van der Waals surface area (Å²) >= 11 is 0. The van der Waals surface area contributed by atoms with Gasteiger partial charge in [0.1, 0.15) is 0 Å². The molecule has 3 heteroatoms. The van der Waals surface area contributed by atoms with Crippen molar-refractivity contribution in [3.63, 3.8) is 0 Å². The number of rotatable bonds is 2. The molecular formula is C26H38O3. The normalized spacial score (nSPS) is 55.1. The Kier molecular flexibility index (Phi) is 4.25. The first-order valence-electron chi connectivity index (χ1n) is 11.8. The van der Waals surface area contributed by atoms with Crippen LogP contribution in [0.2, 0.25) is 0 Å². The highest BCUT2D eigenvalue weighted by Gasteiger charge is 2.66. The first kappa shape index (κ1) is 19.8. The minimum absolute atomic E-state index is 0.113. The Morgan fingerprint density at radius 1 is 1.21 bits per heavy atom. The summed E-state index contributed by atoms with van der Waals surface area (Å²) in [6.07, 6.45) is 10.6. The quantitative estimate of drug-likeness (QED) is 0.429. The van der Waals surface area contributed by atoms with Gasteiger partial charge in [-0.2, -0.15) is 0 Å². The predicted molar refractivity (Wildman–Crippen MR) is 114 cm³/mol. The molecule has 0 radical (unpaired) electrons. The molecule has 0 spiro atoms. The predicted octanol–water partition coefficient (Wildman–Crippen LogP) is 5.90. The average Bonchev–Trinajstić information content (AvgIpc) is 3.21. The summed E-state index contributed by atoms with van der Waals surface area (Å²) in [4.78, 5) is 12.9. The maximum Gasteiger partial charge on any atom is 0.336 e. The Morgan fingerprint density at radius 3 is 2.62 bits per heavy atom. The highest BCUT2D eigenvalue weighted by molar-refractivity contribution is 5.92. The Balaban J connectivity index is 1.60. The molecule has 1 saturated heterocycles. The van der Waals surface area contributed by atoms with Crippen molar-refractivity contribution < 1.29 is 14.3 Å². The molecule has 0 aromatic rings. The molecule has 0 amide bonds. The van der Waals surface area contributed by atoms with Crippen molar-refractivity contribution >= 4 is 5.97 Å². The fourth-order valence-corrected chi connectivity index (χ4v) is 8.67. The van der Waals surface area contributed by atoms with Gasteiger partial charge in [-0.25, -0.2) is 4.79 Å². The average molecular weight is 399 g/mol. The topological polar surface area (TPSA) is 35.5 Å². The number of methoxy groups -OCH3 is 1. The number of carbonyl (C=O) groups is 1. The number of ether oxygens (including phenoxy) is 2. The Labute approximate surface area is 176 Å². The van der Waals surface area contributed by atoms with E-state index in [0.717, 1.165) is 18.4 Å². The fourth-order valence-electron chi connectivity index (χ4n) is 8.67. The summed E-state index contributed by atoms with van der Waals surface area (Å²) in [5.41, 5.74) is 3.03. The van der Waals surface area contributed by atoms with Crippen LogP contribution in [0.3, 0.4) is 0 Å². The second-order valence-electron chi connectivity index (χ2n) is 11.8. The van der Waals surface area contributed by atoms with Gasteiger partial charge in [0.2, 0.25) is 5.79 Å². The number of hydrogen-bond donors (Lipinski definition) is 0. The van der Waals surface area contributed by atoms with E-state index in [1.165, 1.54) is 37.7 Å². The lowest BCUT2D eigenvalue weighted by Crippen LogP contribution is -2.48. The molecule has 3 nitrogen and oxygen atoms in total. The maximum atomic E-state index is 12.9. The molecule has 5 aliphatic rings. The summed E-state index contributed by atoms with van der Waals surface area (Å²) in [6.45, 7) is 14.1. The van der Waals surface area contributed by atoms with Crippen LogP contribution in [0, 0.1) is 46.3 Å². The van der Waals surface area contributed by atoms with E-state index in [9.17, 15) is 4.79 Å². The summed E-state index contributed by atoms with van der Waals surface area (Å²) in [6, 6.07) is 0. The molecule has 0 aromatic carbocycles. The molecule has 0 unspecified atom stereocenters. The van der Waals surface area contributed by atoms with Crippen LogP contribution in [0.25, 0.3) is 0 Å². The van der Waals surface area contributed by atoms with Gasteiger partial charge in [-0.15, -0.1) is 0 Å². The third-order valence-corrected chi connectivity index (χ3v) is 10.2. The van der Waals surface area contributed by atoms with E-state index in [2.05, 4.69) is 40.3 Å². The lowest BCUT2D eigenvalue weighted by Gasteiger charge is -2.55. The minimum Gasteiger partial charge on any atom is -0.429 e. The van der Waals surface area contributed by atoms with Gasteiger partial charge in [0.25, 0.3) is 0 Å². The van der Waals surface area contributed by atoms with Crippen LogP contribution >= 0.6 is 0 Å². The summed E-state index contributed by atoms with van der Waals surface area (Å²) in [7, 11) is 1.72. The van der Waals surface area contributed by atoms with Crippen molar-refractivity contribution in [1.82, 2.24) is 0 Å². The highest BCUT2D eigenvalue weighted by atomic mass is 16.7. The van der Waals surface area contributed by atoms with Crippen LogP contribution in [0.15, 0.2) is 23.8 Å². The monoisotopic (exact) mass is 398 g/mol. The van der Waals surface area contributed by atoms with E-state index in [4.69, 9.17) is 9.47 Å². The third kappa shape index (κ3) is 2.55. The number of allylic oxidation sites excluding steroid dienone is 2. The van der Waals surface area contributed by atoms with Crippen molar-refractivity contribution in [3.05, 3.63) is 23.8 Å². The Morgan fingerprint density at radius 2 is 1.93 bits per heavy atom. The van der Waals surface area contributed by atoms with E-state index < -0.39 is 5.79 Å². The second kappa shape index (κ2) is 6.22. The molecule has 4 fully saturated rings. The molecule has 5 rings (SSSR count). The van der Waals surface area contributed by atoms with Crippen LogP contribution < -0.4 is 0 Å². The molecule has 0 N–H and O–H groups in total. The highest BCUT2D eigenvalue weighted by Crippen LogP contribution is 2.68. The molecular weight excluding hydrogens is 360 g/mol. The standard InChI is InChI=1S/C26H38O3/c1-15(2)17-9-10-24(4)11-12-25(5)14-19-16(3)13-26(28-6)21(19)18(23(27)29-26)7-8-20(25)22(17)24/h7,16-17,19-22H,1,8-14H2,2-6H3/b18-7+/t16-,17+,19-,20-,21-,22-,24-,25+,26+/m0/s1. The number of carbonyl (C=O) groups excluding carboxylic acids is 1. The van der Waals surface area contributed by atoms with E-state index in [-0.39, 0.29) is 11.9 Å². The minimum atomic E-state index is -0.715. The van der Waals surface area contributed by atoms with Crippen LogP contribution in [0.4, 0.5) is 0 Å². The lowest BCUT2D eigenvalue weighted by molar-refractivity contribution is -0.211. The smallest absolute Gasteiger partial charge is 0.336 e. The molecule has 29 heavy (non-hydrogen) atoms. The number of fused-ring (bicyclic) bond motifs is 3. The van der Waals surface area contributed by atoms with Crippen LogP contribution in [-0.4, -0.2) is 18.9 Å². The van der Waals surface area contributed by atoms with Gasteiger partial charge < -0.3 is 9.47 Å². The largest absolute Gasteiger partial charge is 0.429 e. The second-order valence-corrected chi connectivity index (χ2v) is 11.8. The zero-order valence-electron chi connectivity index (χ0n) is 18.9. The zero-order valence-corrected chi connectivity index (χ0v) is 18.9. The van der Waals surface area contributed by atoms with E-state index >= 15 is 0 Å². The van der Waals surface area contributed by atoms with Crippen LogP contribution in [-0.2, 0) is 14.3 Å². The van der Waals surface area contributed by atoms with Gasteiger partial charge in [0.05, 0.1) is 5.92 Å². The molecule has 9 atom stereocenters. The van der Waals surface area contributed by atoms with Gasteiger partial charge in [0, 0.05) is 19.1 Å². The lowest BCUT2D eigenvalue weighted by atomic mass is 9.49. The van der Waals surface area contributed by atoms with E-state index in [1.54, 1.807) is 7.11 Å². The molecule has 0 aromatic heterocycles. The molecule has 1 aliphatic heterocycles. The first-order valence-corrected chi connectivity index (χ1v) is 11.8. The van der Waals surface area contributed by atoms with E-state index in [1.807, 2.05) is 0 Å². The Bertz CT molecular complexity index is 783. The molecule has 0 bridgehead atoms. The fraction of sp³-hybridized carbons (Fsp3) is 0.808. The van der Waals surface area contributed by atoms with Gasteiger partial charge in [0.15, 0.2) is 0 Å². The molecule has 160 valence electrons. The SMILES string of the molecule is C=C(C)[C@H]1CC[C@@]2(C)CC[C@]3(C)C[C@H]4[C@@H](C)C[C@@]5(OC)OC(=O)/C(=C/C[C@H]3[C@H]12)[C@@H]45. The first-order chi connectivity index (χ1) is 13.6. The van der Waals surface area contributed by atoms with Crippen molar-refractivity contribution in [1.29, 1.82) is 0 Å². The molecule has 1 heterocycles. The van der Waals surface area contributed by atoms with Crippen molar-refractivity contribution in [2.75, 3.05) is 7.11 Å². The molecule has 3 saturated carbocycles. The van der Waals surface area contributed by atoms with Crippen molar-refractivity contribution in [2.24, 2.45) is 46.3 Å². The number of hydrogen-bond acceptors (Lipinski definition) is 3. The number of esters is 1. The summed E-state index contributed by atoms with van der Waals surface area (Å²) in [5.74, 6) is 2.20. The van der Waals surface area contributed by atoms with Gasteiger partial charge >= 0.3 is 5.97 Å². The summed E-state index contributed by atoms with van der Waals surface area (Å²) in [5, 5.41) is 0. The zero-order chi connectivity index (χ0) is 20.8.